The van der Waals surface area contributed by atoms with Crippen molar-refractivity contribution < 1.29 is 19.1 Å². The first-order valence-electron chi connectivity index (χ1n) is 8.05. The van der Waals surface area contributed by atoms with Crippen LogP contribution in [0, 0.1) is 11.8 Å². The van der Waals surface area contributed by atoms with E-state index in [4.69, 9.17) is 9.47 Å². The van der Waals surface area contributed by atoms with Crippen molar-refractivity contribution in [3.05, 3.63) is 48.0 Å². The molecule has 126 valence electrons. The van der Waals surface area contributed by atoms with Crippen LogP contribution in [0.1, 0.15) is 44.5 Å². The van der Waals surface area contributed by atoms with Gasteiger partial charge in [-0.2, -0.15) is 0 Å². The van der Waals surface area contributed by atoms with Gasteiger partial charge in [-0.05, 0) is 45.2 Å². The molecule has 0 aliphatic heterocycles. The molecule has 1 aromatic carbocycles. The molecule has 0 spiro atoms. The van der Waals surface area contributed by atoms with Gasteiger partial charge in [0.2, 0.25) is 0 Å². The molecule has 0 heterocycles. The Kier molecular flexibility index (Phi) is 8.27. The zero-order valence-corrected chi connectivity index (χ0v) is 14.3. The average molecular weight is 318 g/mol. The number of ether oxygens (including phenoxy) is 2. The lowest BCUT2D eigenvalue weighted by Gasteiger charge is -2.26. The fourth-order valence-corrected chi connectivity index (χ4v) is 2.54. The molecule has 0 radical (unpaired) electrons. The van der Waals surface area contributed by atoms with Crippen molar-refractivity contribution in [3.8, 4) is 0 Å². The van der Waals surface area contributed by atoms with Crippen LogP contribution in [0.25, 0.3) is 0 Å². The van der Waals surface area contributed by atoms with Crippen molar-refractivity contribution in [2.75, 3.05) is 6.61 Å². The van der Waals surface area contributed by atoms with Gasteiger partial charge in [-0.3, -0.25) is 4.79 Å². The first-order chi connectivity index (χ1) is 11.0. The molecule has 0 aromatic heterocycles. The van der Waals surface area contributed by atoms with E-state index < -0.39 is 17.9 Å². The van der Waals surface area contributed by atoms with E-state index in [1.165, 1.54) is 0 Å². The minimum Gasteiger partial charge on any atom is -0.389 e. The predicted molar refractivity (Wildman–Crippen MR) is 90.0 cm³/mol. The lowest BCUT2D eigenvalue weighted by molar-refractivity contribution is -0.150. The summed E-state index contributed by atoms with van der Waals surface area (Å²) in [6, 6.07) is 8.52. The average Bonchev–Trinajstić information content (AvgIpc) is 2.54. The molecular weight excluding hydrogens is 292 g/mol. The third kappa shape index (κ3) is 5.99. The molecule has 1 aromatic rings. The second kappa shape index (κ2) is 9.95. The number of hydrogen-bond acceptors (Lipinski definition) is 4. The molecule has 0 amide bonds. The fourth-order valence-electron chi connectivity index (χ4n) is 2.54. The van der Waals surface area contributed by atoms with Crippen molar-refractivity contribution in [2.24, 2.45) is 11.8 Å². The highest BCUT2D eigenvalue weighted by molar-refractivity contribution is 5.97. The number of carbonyl (C=O) groups excluding carboxylic acids is 2. The molecule has 0 aliphatic rings. The molecule has 4 nitrogen and oxygen atoms in total. The molecule has 23 heavy (non-hydrogen) atoms. The monoisotopic (exact) mass is 318 g/mol. The maximum absolute atomic E-state index is 12.5. The van der Waals surface area contributed by atoms with Gasteiger partial charge in [0.15, 0.2) is 0 Å². The second-order valence-corrected chi connectivity index (χ2v) is 5.54. The SMILES string of the molecule is CC=CC[C@@H](C)[C@@H](C(=O)OC(=O)c1ccccc1)C(C)OCC. The maximum atomic E-state index is 12.5. The summed E-state index contributed by atoms with van der Waals surface area (Å²) in [5, 5.41) is 0. The zero-order valence-electron chi connectivity index (χ0n) is 14.3. The van der Waals surface area contributed by atoms with E-state index in [-0.39, 0.29) is 12.0 Å². The molecule has 0 saturated carbocycles. The van der Waals surface area contributed by atoms with Crippen LogP contribution in [-0.4, -0.2) is 24.6 Å². The smallest absolute Gasteiger partial charge is 0.345 e. The molecule has 0 saturated heterocycles. The highest BCUT2D eigenvalue weighted by atomic mass is 16.6. The van der Waals surface area contributed by atoms with E-state index >= 15 is 0 Å². The number of rotatable bonds is 8. The molecule has 0 aliphatic carbocycles. The Morgan fingerprint density at radius 2 is 1.83 bits per heavy atom. The van der Waals surface area contributed by atoms with Crippen molar-refractivity contribution in [3.63, 3.8) is 0 Å². The molecule has 3 atom stereocenters. The summed E-state index contributed by atoms with van der Waals surface area (Å²) in [4.78, 5) is 24.6. The van der Waals surface area contributed by atoms with Crippen LogP contribution in [0.15, 0.2) is 42.5 Å². The Labute approximate surface area is 138 Å². The summed E-state index contributed by atoms with van der Waals surface area (Å²) in [6.07, 6.45) is 4.37. The predicted octanol–water partition coefficient (Wildman–Crippen LogP) is 4.01. The standard InChI is InChI=1S/C19H26O4/c1-5-7-11-14(3)17(15(4)22-6-2)19(21)23-18(20)16-12-9-8-10-13-16/h5,7-10,12-15,17H,6,11H2,1-4H3/t14-,15?,17-/m1/s1. The Balaban J connectivity index is 2.83. The van der Waals surface area contributed by atoms with Gasteiger partial charge in [0, 0.05) is 6.61 Å². The van der Waals surface area contributed by atoms with Crippen LogP contribution < -0.4 is 0 Å². The normalized spacial score (nSPS) is 15.1. The van der Waals surface area contributed by atoms with Crippen LogP contribution in [0.3, 0.4) is 0 Å². The summed E-state index contributed by atoms with van der Waals surface area (Å²) < 4.78 is 10.7. The quantitative estimate of drug-likeness (QED) is 0.413. The van der Waals surface area contributed by atoms with E-state index in [0.29, 0.717) is 12.2 Å². The van der Waals surface area contributed by atoms with E-state index in [0.717, 1.165) is 6.42 Å². The minimum atomic E-state index is -0.623. The Morgan fingerprint density at radius 3 is 2.39 bits per heavy atom. The number of carbonyl (C=O) groups is 2. The Morgan fingerprint density at radius 1 is 1.17 bits per heavy atom. The van der Waals surface area contributed by atoms with Gasteiger partial charge in [0.25, 0.3) is 0 Å². The minimum absolute atomic E-state index is 0.0174. The van der Waals surface area contributed by atoms with Crippen molar-refractivity contribution in [1.29, 1.82) is 0 Å². The summed E-state index contributed by atoms with van der Waals surface area (Å²) in [5.74, 6) is -1.62. The van der Waals surface area contributed by atoms with E-state index in [2.05, 4.69) is 0 Å². The van der Waals surface area contributed by atoms with Crippen LogP contribution >= 0.6 is 0 Å². The maximum Gasteiger partial charge on any atom is 0.345 e. The van der Waals surface area contributed by atoms with Crippen molar-refractivity contribution in [1.82, 2.24) is 0 Å². The number of benzene rings is 1. The first kappa shape index (κ1) is 19.1. The Hall–Kier alpha value is -1.94. The molecule has 1 rings (SSSR count). The third-order valence-corrected chi connectivity index (χ3v) is 3.77. The van der Waals surface area contributed by atoms with Gasteiger partial charge < -0.3 is 9.47 Å². The Bertz CT molecular complexity index is 521. The molecule has 1 unspecified atom stereocenters. The fraction of sp³-hybridized carbons (Fsp3) is 0.474. The van der Waals surface area contributed by atoms with Gasteiger partial charge in [0.1, 0.15) is 0 Å². The van der Waals surface area contributed by atoms with Gasteiger partial charge in [-0.25, -0.2) is 4.79 Å². The summed E-state index contributed by atoms with van der Waals surface area (Å²) >= 11 is 0. The lowest BCUT2D eigenvalue weighted by Crippen LogP contribution is -2.36. The molecule has 0 N–H and O–H groups in total. The number of hydrogen-bond donors (Lipinski definition) is 0. The van der Waals surface area contributed by atoms with E-state index in [1.54, 1.807) is 30.3 Å². The summed E-state index contributed by atoms with van der Waals surface area (Å²) in [5.41, 5.74) is 0.366. The van der Waals surface area contributed by atoms with Crippen LogP contribution in [0.4, 0.5) is 0 Å². The first-order valence-corrected chi connectivity index (χ1v) is 8.05. The van der Waals surface area contributed by atoms with Crippen molar-refractivity contribution in [2.45, 2.75) is 40.2 Å². The lowest BCUT2D eigenvalue weighted by atomic mass is 9.87. The van der Waals surface area contributed by atoms with Gasteiger partial charge in [-0.1, -0.05) is 37.3 Å². The van der Waals surface area contributed by atoms with E-state index in [9.17, 15) is 9.59 Å². The molecular formula is C19H26O4. The topological polar surface area (TPSA) is 52.6 Å². The van der Waals surface area contributed by atoms with Gasteiger partial charge in [0.05, 0.1) is 17.6 Å². The molecule has 0 bridgehead atoms. The van der Waals surface area contributed by atoms with Crippen molar-refractivity contribution >= 4 is 11.9 Å². The van der Waals surface area contributed by atoms with E-state index in [1.807, 2.05) is 39.8 Å². The highest BCUT2D eigenvalue weighted by Gasteiger charge is 2.33. The third-order valence-electron chi connectivity index (χ3n) is 3.77. The van der Waals surface area contributed by atoms with Gasteiger partial charge in [-0.15, -0.1) is 0 Å². The molecule has 0 fully saturated rings. The molecule has 4 heteroatoms. The number of esters is 2. The highest BCUT2D eigenvalue weighted by Crippen LogP contribution is 2.24. The van der Waals surface area contributed by atoms with Crippen LogP contribution in [-0.2, 0) is 14.3 Å². The van der Waals surface area contributed by atoms with Crippen LogP contribution in [0.5, 0.6) is 0 Å². The summed E-state index contributed by atoms with van der Waals surface area (Å²) in [6.45, 7) is 8.13. The van der Waals surface area contributed by atoms with Gasteiger partial charge >= 0.3 is 11.9 Å². The van der Waals surface area contributed by atoms with Crippen LogP contribution in [0.2, 0.25) is 0 Å². The zero-order chi connectivity index (χ0) is 17.2. The number of allylic oxidation sites excluding steroid dienone is 2. The summed E-state index contributed by atoms with van der Waals surface area (Å²) in [7, 11) is 0. The largest absolute Gasteiger partial charge is 0.389 e. The second-order valence-electron chi connectivity index (χ2n) is 5.54.